The van der Waals surface area contributed by atoms with Gasteiger partial charge in [0.2, 0.25) is 11.0 Å². The van der Waals surface area contributed by atoms with Crippen molar-refractivity contribution < 1.29 is 47.0 Å². The summed E-state index contributed by atoms with van der Waals surface area (Å²) in [6.45, 7) is 2.17. The third-order valence-corrected chi connectivity index (χ3v) is 4.87. The molecule has 4 aromatic rings. The second-order valence-electron chi connectivity index (χ2n) is 6.69. The van der Waals surface area contributed by atoms with E-state index >= 15 is 0 Å². The standard InChI is InChI=1S/C23H24N2.2Cl2I/c1(6-16-24-18-8-12-20-10-2-4-14-22(20)24)7-17-25-19-9-13-21-11-3-5-15-23(21)25;2*1-3-2/h2-5,8-15,18-19H,1,6-7,16-17H2;;/q+2;2*-1. The second-order valence-corrected chi connectivity index (χ2v) is 13.1. The number of para-hydroxylation sites is 2. The third-order valence-electron chi connectivity index (χ3n) is 4.87. The smallest absolute Gasteiger partial charge is 0.198 e. The largest absolute Gasteiger partial charge is 0.212 e. The summed E-state index contributed by atoms with van der Waals surface area (Å²) in [4.78, 5) is 0. The van der Waals surface area contributed by atoms with Gasteiger partial charge in [0.15, 0.2) is 12.4 Å². The molecule has 0 N–H and O–H groups in total. The van der Waals surface area contributed by atoms with E-state index in [2.05, 4.69) is 94.3 Å². The fourth-order valence-corrected chi connectivity index (χ4v) is 3.57. The third kappa shape index (κ3) is 9.33. The molecule has 0 radical (unpaired) electrons. The molecule has 8 heteroatoms. The van der Waals surface area contributed by atoms with E-state index in [4.69, 9.17) is 35.6 Å². The molecular formula is C23H24Cl4I2N2. The normalized spacial score (nSPS) is 10.5. The average molecular weight is 724 g/mol. The molecule has 0 fully saturated rings. The molecule has 31 heavy (non-hydrogen) atoms. The fraction of sp³-hybridized carbons (Fsp3) is 0.217. The van der Waals surface area contributed by atoms with Crippen molar-refractivity contribution in [3.8, 4) is 0 Å². The molecule has 0 saturated heterocycles. The molecule has 0 amide bonds. The summed E-state index contributed by atoms with van der Waals surface area (Å²) in [6, 6.07) is 25.9. The summed E-state index contributed by atoms with van der Waals surface area (Å²) in [7, 11) is 19.5. The van der Waals surface area contributed by atoms with Crippen LogP contribution in [0, 0.1) is 0 Å². The van der Waals surface area contributed by atoms with E-state index in [0.29, 0.717) is 0 Å². The summed E-state index contributed by atoms with van der Waals surface area (Å²) in [5.41, 5.74) is 2.65. The van der Waals surface area contributed by atoms with Crippen LogP contribution >= 0.6 is 35.6 Å². The molecule has 2 nitrogen and oxygen atoms in total. The van der Waals surface area contributed by atoms with Gasteiger partial charge in [0.05, 0.1) is 0 Å². The number of aryl methyl sites for hydroxylation is 2. The molecule has 4 rings (SSSR count). The molecule has 2 heterocycles. The van der Waals surface area contributed by atoms with Crippen LogP contribution in [0.2, 0.25) is 0 Å². The number of rotatable bonds is 6. The van der Waals surface area contributed by atoms with Gasteiger partial charge < -0.3 is 0 Å². The molecule has 168 valence electrons. The molecule has 0 aliphatic rings. The number of aromatic nitrogens is 2. The first-order valence-electron chi connectivity index (χ1n) is 9.73. The number of nitrogens with zero attached hydrogens (tertiary/aromatic N) is 2. The van der Waals surface area contributed by atoms with Gasteiger partial charge in [0.1, 0.15) is 13.1 Å². The van der Waals surface area contributed by atoms with Crippen molar-refractivity contribution in [3.63, 3.8) is 0 Å². The Morgan fingerprint density at radius 2 is 0.871 bits per heavy atom. The Morgan fingerprint density at radius 1 is 0.516 bits per heavy atom. The van der Waals surface area contributed by atoms with E-state index in [-0.39, 0.29) is 0 Å². The first kappa shape index (κ1) is 27.1. The van der Waals surface area contributed by atoms with Crippen LogP contribution in [-0.2, 0) is 13.1 Å². The minimum absolute atomic E-state index is 0.466. The fourth-order valence-electron chi connectivity index (χ4n) is 3.57. The molecule has 0 aliphatic heterocycles. The number of hydrogen-bond acceptors (Lipinski definition) is 0. The van der Waals surface area contributed by atoms with E-state index < -0.39 is 37.9 Å². The van der Waals surface area contributed by atoms with Gasteiger partial charge in [-0.25, -0.2) is 0 Å². The quantitative estimate of drug-likeness (QED) is 0.161. The maximum atomic E-state index is 4.87. The Balaban J connectivity index is 0.000000513. The minimum Gasteiger partial charge on any atom is -0.198 e. The Kier molecular flexibility index (Phi) is 14.4. The first-order valence-corrected chi connectivity index (χ1v) is 20.7. The van der Waals surface area contributed by atoms with Crippen molar-refractivity contribution >= 4 is 57.4 Å². The van der Waals surface area contributed by atoms with Crippen LogP contribution in [0.25, 0.3) is 21.8 Å². The number of pyridine rings is 2. The molecular weight excluding hydrogens is 700 g/mol. The molecule has 0 aliphatic carbocycles. The summed E-state index contributed by atoms with van der Waals surface area (Å²) in [5, 5.41) is 2.63. The second kappa shape index (κ2) is 16.5. The van der Waals surface area contributed by atoms with Gasteiger partial charge in [-0.05, 0) is 30.7 Å². The van der Waals surface area contributed by atoms with Gasteiger partial charge in [0, 0.05) is 47.9 Å². The number of benzene rings is 2. The van der Waals surface area contributed by atoms with Gasteiger partial charge in [-0.3, -0.25) is 0 Å². The van der Waals surface area contributed by atoms with E-state index in [1.165, 1.54) is 41.1 Å². The zero-order chi connectivity index (χ0) is 22.3. The van der Waals surface area contributed by atoms with Crippen LogP contribution in [0.15, 0.2) is 85.2 Å². The van der Waals surface area contributed by atoms with Gasteiger partial charge >= 0.3 is 73.5 Å². The number of unbranched alkanes of at least 4 members (excludes halogenated alkanes) is 2. The Hall–Kier alpha value is -0.120. The zero-order valence-corrected chi connectivity index (χ0v) is 24.1. The predicted molar refractivity (Wildman–Crippen MR) is 126 cm³/mol. The molecule has 2 aromatic heterocycles. The monoisotopic (exact) mass is 722 g/mol. The summed E-state index contributed by atoms with van der Waals surface area (Å²) in [5.74, 6) is 0. The topological polar surface area (TPSA) is 7.76 Å². The Labute approximate surface area is 219 Å². The van der Waals surface area contributed by atoms with Crippen molar-refractivity contribution in [2.75, 3.05) is 0 Å². The van der Waals surface area contributed by atoms with Crippen LogP contribution in [0.1, 0.15) is 19.3 Å². The Morgan fingerprint density at radius 3 is 1.29 bits per heavy atom. The van der Waals surface area contributed by atoms with Crippen LogP contribution < -0.4 is 47.0 Å². The first-order chi connectivity index (χ1) is 15.2. The molecule has 0 atom stereocenters. The van der Waals surface area contributed by atoms with Gasteiger partial charge in [-0.2, -0.15) is 9.13 Å². The molecule has 2 aromatic carbocycles. The number of halogens is 6. The van der Waals surface area contributed by atoms with Crippen molar-refractivity contribution in [1.29, 1.82) is 0 Å². The van der Waals surface area contributed by atoms with Crippen molar-refractivity contribution in [2.24, 2.45) is 0 Å². The molecule has 0 spiro atoms. The predicted octanol–water partition coefficient (Wildman–Crippen LogP) is 1.20. The van der Waals surface area contributed by atoms with Crippen LogP contribution in [0.3, 0.4) is 0 Å². The van der Waals surface area contributed by atoms with E-state index in [0.717, 1.165) is 13.1 Å². The SMILES string of the molecule is Cl[I-]Cl.Cl[I-]Cl.c1ccc2c(c1)ccc[n+]2CCCCC[n+]1cccc2ccccc21. The van der Waals surface area contributed by atoms with Crippen molar-refractivity contribution in [2.45, 2.75) is 32.4 Å². The molecule has 0 bridgehead atoms. The van der Waals surface area contributed by atoms with E-state index in [1.54, 1.807) is 0 Å². The summed E-state index contributed by atoms with van der Waals surface area (Å²) >= 11 is -0.931. The molecule has 0 unspecified atom stereocenters. The van der Waals surface area contributed by atoms with Crippen LogP contribution in [0.4, 0.5) is 0 Å². The minimum atomic E-state index is -0.466. The molecule has 0 saturated carbocycles. The number of fused-ring (bicyclic) bond motifs is 2. The summed E-state index contributed by atoms with van der Waals surface area (Å²) in [6.07, 6.45) is 8.06. The zero-order valence-electron chi connectivity index (χ0n) is 16.8. The van der Waals surface area contributed by atoms with Crippen LogP contribution in [-0.4, -0.2) is 0 Å². The van der Waals surface area contributed by atoms with Crippen LogP contribution in [0.5, 0.6) is 0 Å². The van der Waals surface area contributed by atoms with Gasteiger partial charge in [-0.15, -0.1) is 0 Å². The average Bonchev–Trinajstić information content (AvgIpc) is 2.80. The Bertz CT molecular complexity index is 956. The van der Waals surface area contributed by atoms with E-state index in [1.807, 2.05) is 0 Å². The summed E-state index contributed by atoms with van der Waals surface area (Å²) < 4.78 is 4.75. The maximum absolute atomic E-state index is 4.87. The maximum Gasteiger partial charge on any atom is 0.212 e. The van der Waals surface area contributed by atoms with E-state index in [9.17, 15) is 0 Å². The van der Waals surface area contributed by atoms with Gasteiger partial charge in [0.25, 0.3) is 0 Å². The number of hydrogen-bond donors (Lipinski definition) is 0. The van der Waals surface area contributed by atoms with Crippen molar-refractivity contribution in [3.05, 3.63) is 85.2 Å². The van der Waals surface area contributed by atoms with Gasteiger partial charge in [-0.1, -0.05) is 24.3 Å². The van der Waals surface area contributed by atoms with Crippen molar-refractivity contribution in [1.82, 2.24) is 0 Å².